The van der Waals surface area contributed by atoms with Crippen molar-refractivity contribution in [1.82, 2.24) is 15.0 Å². The number of hydrogen-bond acceptors (Lipinski definition) is 6. The minimum atomic E-state index is -3.00. The van der Waals surface area contributed by atoms with E-state index in [4.69, 9.17) is 0 Å². The monoisotopic (exact) mass is 331 g/mol. The van der Waals surface area contributed by atoms with Gasteiger partial charge in [0.25, 0.3) is 0 Å². The van der Waals surface area contributed by atoms with Crippen molar-refractivity contribution >= 4 is 15.7 Å². The maximum Gasteiger partial charge on any atom is 0.207 e. The predicted octanol–water partition coefficient (Wildman–Crippen LogP) is 1.15. The van der Waals surface area contributed by atoms with E-state index in [0.29, 0.717) is 18.8 Å². The third kappa shape index (κ3) is 3.05. The molecule has 0 aliphatic carbocycles. The van der Waals surface area contributed by atoms with Gasteiger partial charge in [-0.05, 0) is 25.5 Å². The quantitative estimate of drug-likeness (QED) is 0.834. The zero-order valence-corrected chi connectivity index (χ0v) is 13.6. The number of rotatable bonds is 4. The molecule has 23 heavy (non-hydrogen) atoms. The lowest BCUT2D eigenvalue weighted by Crippen LogP contribution is -2.37. The van der Waals surface area contributed by atoms with Gasteiger partial charge in [-0.15, -0.1) is 15.0 Å². The molecule has 1 aromatic heterocycles. The summed E-state index contributed by atoms with van der Waals surface area (Å²) in [6.07, 6.45) is 0.555. The molecule has 0 amide bonds. The smallest absolute Gasteiger partial charge is 0.207 e. The Kier molecular flexibility index (Phi) is 4.05. The van der Waals surface area contributed by atoms with Crippen molar-refractivity contribution in [2.45, 2.75) is 19.4 Å². The molecule has 1 aromatic carbocycles. The standard InChI is InChI=1S/C15H17N5O2S/c1-2-19(13-8-9-23(21,22)11-13)15-14(10-16)17-20(18-15)12-6-4-3-5-7-12/h3-7,13H,2,8-9,11H2,1H3. The number of nitrogens with zero attached hydrogens (tertiary/aromatic N) is 5. The van der Waals surface area contributed by atoms with Gasteiger partial charge in [-0.1, -0.05) is 18.2 Å². The molecule has 120 valence electrons. The molecule has 3 rings (SSSR count). The van der Waals surface area contributed by atoms with Crippen LogP contribution in [0.4, 0.5) is 5.82 Å². The van der Waals surface area contributed by atoms with Gasteiger partial charge in [-0.2, -0.15) is 5.26 Å². The van der Waals surface area contributed by atoms with E-state index in [2.05, 4.69) is 16.3 Å². The second-order valence-electron chi connectivity index (χ2n) is 5.45. The molecule has 1 aliphatic rings. The Bertz CT molecular complexity index is 838. The summed E-state index contributed by atoms with van der Waals surface area (Å²) in [6, 6.07) is 11.2. The second-order valence-corrected chi connectivity index (χ2v) is 7.68. The van der Waals surface area contributed by atoms with Gasteiger partial charge in [0.1, 0.15) is 6.07 Å². The Morgan fingerprint density at radius 1 is 1.35 bits per heavy atom. The first kappa shape index (κ1) is 15.5. The molecule has 2 aromatic rings. The van der Waals surface area contributed by atoms with Gasteiger partial charge >= 0.3 is 0 Å². The Morgan fingerprint density at radius 3 is 2.65 bits per heavy atom. The summed E-state index contributed by atoms with van der Waals surface area (Å²) in [5.41, 5.74) is 0.963. The van der Waals surface area contributed by atoms with Gasteiger partial charge in [0.05, 0.1) is 17.2 Å². The molecule has 0 bridgehead atoms. The lowest BCUT2D eigenvalue weighted by atomic mass is 10.2. The summed E-state index contributed by atoms with van der Waals surface area (Å²) in [6.45, 7) is 2.50. The molecule has 0 N–H and O–H groups in total. The molecule has 1 fully saturated rings. The van der Waals surface area contributed by atoms with Gasteiger partial charge in [0, 0.05) is 12.6 Å². The van der Waals surface area contributed by atoms with Crippen LogP contribution in [0.1, 0.15) is 19.0 Å². The Balaban J connectivity index is 1.98. The van der Waals surface area contributed by atoms with Crippen molar-refractivity contribution in [2.75, 3.05) is 23.0 Å². The van der Waals surface area contributed by atoms with Gasteiger partial charge in [-0.25, -0.2) is 8.42 Å². The van der Waals surface area contributed by atoms with Crippen LogP contribution in [0.3, 0.4) is 0 Å². The van der Waals surface area contributed by atoms with E-state index in [-0.39, 0.29) is 23.2 Å². The van der Waals surface area contributed by atoms with Crippen molar-refractivity contribution < 1.29 is 8.42 Å². The number of sulfone groups is 1. The first-order valence-corrected chi connectivity index (χ1v) is 9.26. The molecule has 1 atom stereocenters. The highest BCUT2D eigenvalue weighted by Gasteiger charge is 2.34. The van der Waals surface area contributed by atoms with E-state index in [1.165, 1.54) is 4.80 Å². The van der Waals surface area contributed by atoms with E-state index >= 15 is 0 Å². The van der Waals surface area contributed by atoms with E-state index in [1.54, 1.807) is 0 Å². The molecule has 1 aliphatic heterocycles. The van der Waals surface area contributed by atoms with E-state index in [9.17, 15) is 13.7 Å². The predicted molar refractivity (Wildman–Crippen MR) is 86.2 cm³/mol. The molecule has 1 saturated heterocycles. The summed E-state index contributed by atoms with van der Waals surface area (Å²) in [5, 5.41) is 18.0. The average molecular weight is 331 g/mol. The molecular weight excluding hydrogens is 314 g/mol. The highest BCUT2D eigenvalue weighted by molar-refractivity contribution is 7.91. The third-order valence-corrected chi connectivity index (χ3v) is 5.70. The summed E-state index contributed by atoms with van der Waals surface area (Å²) in [7, 11) is -3.00. The third-order valence-electron chi connectivity index (χ3n) is 3.95. The van der Waals surface area contributed by atoms with Crippen molar-refractivity contribution in [1.29, 1.82) is 5.26 Å². The number of anilines is 1. The van der Waals surface area contributed by atoms with Crippen molar-refractivity contribution in [2.24, 2.45) is 0 Å². The minimum absolute atomic E-state index is 0.101. The molecule has 0 radical (unpaired) electrons. The van der Waals surface area contributed by atoms with Gasteiger partial charge < -0.3 is 4.90 Å². The summed E-state index contributed by atoms with van der Waals surface area (Å²) < 4.78 is 23.5. The Morgan fingerprint density at radius 2 is 2.09 bits per heavy atom. The summed E-state index contributed by atoms with van der Waals surface area (Å²) in [5.74, 6) is 0.730. The second kappa shape index (κ2) is 6.01. The minimum Gasteiger partial charge on any atom is -0.349 e. The fourth-order valence-electron chi connectivity index (χ4n) is 2.84. The molecule has 2 heterocycles. The van der Waals surface area contributed by atoms with Crippen molar-refractivity contribution in [3.05, 3.63) is 36.0 Å². The maximum atomic E-state index is 11.7. The summed E-state index contributed by atoms with van der Waals surface area (Å²) >= 11 is 0. The number of para-hydroxylation sites is 1. The van der Waals surface area contributed by atoms with Crippen LogP contribution in [0.2, 0.25) is 0 Å². The fourth-order valence-corrected chi connectivity index (χ4v) is 4.57. The van der Waals surface area contributed by atoms with Crippen LogP contribution >= 0.6 is 0 Å². The summed E-state index contributed by atoms with van der Waals surface area (Å²) in [4.78, 5) is 3.29. The van der Waals surface area contributed by atoms with Crippen LogP contribution in [0.15, 0.2) is 30.3 Å². The zero-order valence-electron chi connectivity index (χ0n) is 12.8. The molecule has 1 unspecified atom stereocenters. The van der Waals surface area contributed by atoms with E-state index in [0.717, 1.165) is 5.69 Å². The van der Waals surface area contributed by atoms with Crippen molar-refractivity contribution in [3.63, 3.8) is 0 Å². The van der Waals surface area contributed by atoms with E-state index < -0.39 is 9.84 Å². The normalized spacial score (nSPS) is 19.4. The topological polar surface area (TPSA) is 91.9 Å². The largest absolute Gasteiger partial charge is 0.349 e. The Hall–Kier alpha value is -2.40. The molecule has 0 spiro atoms. The van der Waals surface area contributed by atoms with Gasteiger partial charge in [0.2, 0.25) is 5.69 Å². The first-order valence-electron chi connectivity index (χ1n) is 7.44. The van der Waals surface area contributed by atoms with Crippen LogP contribution in [0.5, 0.6) is 0 Å². The molecular formula is C15H17N5O2S. The lowest BCUT2D eigenvalue weighted by Gasteiger charge is -2.26. The highest BCUT2D eigenvalue weighted by atomic mass is 32.2. The Labute approximate surface area is 135 Å². The molecule has 7 nitrogen and oxygen atoms in total. The lowest BCUT2D eigenvalue weighted by molar-refractivity contribution is 0.599. The van der Waals surface area contributed by atoms with Crippen LogP contribution < -0.4 is 4.90 Å². The molecule has 0 saturated carbocycles. The number of nitriles is 1. The average Bonchev–Trinajstić information content (AvgIpc) is 3.13. The van der Waals surface area contributed by atoms with Crippen LogP contribution in [0, 0.1) is 11.3 Å². The SMILES string of the molecule is CCN(c1nn(-c2ccccc2)nc1C#N)C1CCS(=O)(=O)C1. The highest BCUT2D eigenvalue weighted by Crippen LogP contribution is 2.25. The first-order chi connectivity index (χ1) is 11.0. The number of benzene rings is 1. The maximum absolute atomic E-state index is 11.7. The van der Waals surface area contributed by atoms with Gasteiger partial charge in [0.15, 0.2) is 15.7 Å². The van der Waals surface area contributed by atoms with Crippen LogP contribution in [-0.4, -0.2) is 47.5 Å². The number of hydrogen-bond donors (Lipinski definition) is 0. The molecule has 8 heteroatoms. The van der Waals surface area contributed by atoms with Crippen LogP contribution in [0.25, 0.3) is 5.69 Å². The zero-order chi connectivity index (χ0) is 16.4. The number of aromatic nitrogens is 3. The van der Waals surface area contributed by atoms with Crippen LogP contribution in [-0.2, 0) is 9.84 Å². The van der Waals surface area contributed by atoms with E-state index in [1.807, 2.05) is 42.2 Å². The fraction of sp³-hybridized carbons (Fsp3) is 0.400. The van der Waals surface area contributed by atoms with Gasteiger partial charge in [-0.3, -0.25) is 0 Å². The van der Waals surface area contributed by atoms with Crippen molar-refractivity contribution in [3.8, 4) is 11.8 Å².